The lowest BCUT2D eigenvalue weighted by Gasteiger charge is -2.11. The molecule has 0 unspecified atom stereocenters. The van der Waals surface area contributed by atoms with E-state index in [9.17, 15) is 0 Å². The van der Waals surface area contributed by atoms with Crippen molar-refractivity contribution in [2.45, 2.75) is 17.3 Å². The fourth-order valence-corrected chi connectivity index (χ4v) is 3.27. The number of thiazole rings is 1. The second-order valence-corrected chi connectivity index (χ2v) is 6.41. The molecular formula is C14H20IN5S2. The van der Waals surface area contributed by atoms with Crippen molar-refractivity contribution in [2.75, 3.05) is 19.3 Å². The van der Waals surface area contributed by atoms with E-state index in [-0.39, 0.29) is 24.0 Å². The summed E-state index contributed by atoms with van der Waals surface area (Å²) in [5.41, 5.74) is 1.000. The summed E-state index contributed by atoms with van der Waals surface area (Å²) >= 11 is 3.48. The molecular weight excluding hydrogens is 429 g/mol. The quantitative estimate of drug-likeness (QED) is 0.224. The molecule has 0 radical (unpaired) electrons. The number of hydrogen-bond acceptors (Lipinski definition) is 5. The van der Waals surface area contributed by atoms with Crippen molar-refractivity contribution >= 4 is 53.0 Å². The van der Waals surface area contributed by atoms with Gasteiger partial charge in [0.2, 0.25) is 0 Å². The summed E-state index contributed by atoms with van der Waals surface area (Å²) in [4.78, 5) is 12.7. The third-order valence-corrected chi connectivity index (χ3v) is 4.69. The Kier molecular flexibility index (Phi) is 10.2. The number of aliphatic imine (C=N–C) groups is 1. The Morgan fingerprint density at radius 3 is 2.86 bits per heavy atom. The van der Waals surface area contributed by atoms with Crippen LogP contribution in [0.1, 0.15) is 12.1 Å². The highest BCUT2D eigenvalue weighted by Gasteiger charge is 1.99. The van der Waals surface area contributed by atoms with E-state index in [2.05, 4.69) is 25.6 Å². The molecule has 2 rings (SSSR count). The van der Waals surface area contributed by atoms with Gasteiger partial charge in [-0.15, -0.1) is 35.3 Å². The molecule has 8 heteroatoms. The molecule has 0 fully saturated rings. The predicted molar refractivity (Wildman–Crippen MR) is 105 cm³/mol. The van der Waals surface area contributed by atoms with E-state index in [1.807, 2.05) is 29.8 Å². The number of thioether (sulfide) groups is 1. The second-order valence-electron chi connectivity index (χ2n) is 4.17. The first-order valence-electron chi connectivity index (χ1n) is 6.75. The van der Waals surface area contributed by atoms with Crippen molar-refractivity contribution in [3.8, 4) is 0 Å². The lowest BCUT2D eigenvalue weighted by molar-refractivity contribution is 0.776. The molecule has 2 N–H and O–H groups in total. The molecule has 0 aliphatic heterocycles. The van der Waals surface area contributed by atoms with Gasteiger partial charge in [-0.05, 0) is 18.6 Å². The summed E-state index contributed by atoms with van der Waals surface area (Å²) in [6.45, 7) is 1.56. The molecule has 2 heterocycles. The molecule has 0 aliphatic carbocycles. The van der Waals surface area contributed by atoms with Crippen molar-refractivity contribution in [2.24, 2.45) is 4.99 Å². The minimum Gasteiger partial charge on any atom is -0.356 e. The van der Waals surface area contributed by atoms with Gasteiger partial charge in [0.15, 0.2) is 5.96 Å². The maximum atomic E-state index is 4.27. The van der Waals surface area contributed by atoms with E-state index in [1.54, 1.807) is 36.3 Å². The van der Waals surface area contributed by atoms with E-state index in [1.165, 1.54) is 0 Å². The summed E-state index contributed by atoms with van der Waals surface area (Å²) in [7, 11) is 1.78. The fourth-order valence-electron chi connectivity index (χ4n) is 1.62. The summed E-state index contributed by atoms with van der Waals surface area (Å²) in [5, 5.41) is 8.55. The molecule has 0 aliphatic rings. The largest absolute Gasteiger partial charge is 0.356 e. The lowest BCUT2D eigenvalue weighted by Crippen LogP contribution is -2.37. The van der Waals surface area contributed by atoms with Gasteiger partial charge in [-0.1, -0.05) is 17.8 Å². The number of rotatable bonds is 7. The third-order valence-electron chi connectivity index (χ3n) is 2.64. The van der Waals surface area contributed by atoms with E-state index in [0.29, 0.717) is 6.54 Å². The average molecular weight is 449 g/mol. The Labute approximate surface area is 156 Å². The van der Waals surface area contributed by atoms with Crippen molar-refractivity contribution in [1.29, 1.82) is 0 Å². The molecule has 0 amide bonds. The summed E-state index contributed by atoms with van der Waals surface area (Å²) in [6, 6.07) is 5.89. The first kappa shape index (κ1) is 19.2. The highest BCUT2D eigenvalue weighted by molar-refractivity contribution is 14.0. The van der Waals surface area contributed by atoms with Gasteiger partial charge >= 0.3 is 0 Å². The van der Waals surface area contributed by atoms with Crippen molar-refractivity contribution < 1.29 is 0 Å². The SMILES string of the molecule is CN=C(NCCCSc1nccs1)NCc1ccccn1.I. The van der Waals surface area contributed by atoms with Gasteiger partial charge in [-0.25, -0.2) is 4.98 Å². The summed E-state index contributed by atoms with van der Waals surface area (Å²) in [5.74, 6) is 1.86. The van der Waals surface area contributed by atoms with Crippen LogP contribution in [-0.4, -0.2) is 35.3 Å². The molecule has 2 aromatic rings. The van der Waals surface area contributed by atoms with Gasteiger partial charge in [-0.2, -0.15) is 0 Å². The Morgan fingerprint density at radius 1 is 1.27 bits per heavy atom. The molecule has 0 saturated carbocycles. The zero-order valence-corrected chi connectivity index (χ0v) is 16.3. The van der Waals surface area contributed by atoms with Crippen LogP contribution >= 0.6 is 47.1 Å². The van der Waals surface area contributed by atoms with Gasteiger partial charge in [0.05, 0.1) is 12.2 Å². The van der Waals surface area contributed by atoms with E-state index < -0.39 is 0 Å². The molecule has 120 valence electrons. The molecule has 22 heavy (non-hydrogen) atoms. The van der Waals surface area contributed by atoms with Crippen LogP contribution in [0.5, 0.6) is 0 Å². The number of hydrogen-bond donors (Lipinski definition) is 2. The molecule has 0 aromatic carbocycles. The molecule has 2 aromatic heterocycles. The smallest absolute Gasteiger partial charge is 0.191 e. The number of nitrogens with zero attached hydrogens (tertiary/aromatic N) is 3. The topological polar surface area (TPSA) is 62.2 Å². The van der Waals surface area contributed by atoms with Crippen LogP contribution < -0.4 is 10.6 Å². The molecule has 0 spiro atoms. The molecule has 5 nitrogen and oxygen atoms in total. The third kappa shape index (κ3) is 7.41. The Bertz CT molecular complexity index is 533. The fraction of sp³-hybridized carbons (Fsp3) is 0.357. The number of nitrogens with one attached hydrogen (secondary N) is 2. The highest BCUT2D eigenvalue weighted by Crippen LogP contribution is 2.20. The first-order valence-corrected chi connectivity index (χ1v) is 8.61. The van der Waals surface area contributed by atoms with Crippen molar-refractivity contribution in [3.05, 3.63) is 41.7 Å². The van der Waals surface area contributed by atoms with E-state index >= 15 is 0 Å². The lowest BCUT2D eigenvalue weighted by atomic mass is 10.3. The van der Waals surface area contributed by atoms with Crippen LogP contribution in [0.25, 0.3) is 0 Å². The number of pyridine rings is 1. The Balaban J connectivity index is 0.00000242. The number of halogens is 1. The van der Waals surface area contributed by atoms with Gasteiger partial charge in [-0.3, -0.25) is 9.98 Å². The maximum absolute atomic E-state index is 4.27. The van der Waals surface area contributed by atoms with Crippen LogP contribution in [0.3, 0.4) is 0 Å². The van der Waals surface area contributed by atoms with Gasteiger partial charge in [0.25, 0.3) is 0 Å². The van der Waals surface area contributed by atoms with Crippen LogP contribution in [-0.2, 0) is 6.54 Å². The van der Waals surface area contributed by atoms with Crippen LogP contribution in [0.15, 0.2) is 45.3 Å². The Morgan fingerprint density at radius 2 is 2.18 bits per heavy atom. The van der Waals surface area contributed by atoms with Crippen molar-refractivity contribution in [1.82, 2.24) is 20.6 Å². The minimum absolute atomic E-state index is 0. The minimum atomic E-state index is 0. The number of guanidine groups is 1. The molecule has 0 saturated heterocycles. The van der Waals surface area contributed by atoms with Crippen LogP contribution in [0, 0.1) is 0 Å². The monoisotopic (exact) mass is 449 g/mol. The summed E-state index contributed by atoms with van der Waals surface area (Å²) < 4.78 is 1.13. The van der Waals surface area contributed by atoms with Gasteiger partial charge in [0, 0.05) is 37.1 Å². The summed E-state index contributed by atoms with van der Waals surface area (Å²) in [6.07, 6.45) is 4.70. The standard InChI is InChI=1S/C14H19N5S2.HI/c1-15-13(19-11-12-5-2-3-6-16-12)17-7-4-9-20-14-18-8-10-21-14;/h2-3,5-6,8,10H,4,7,9,11H2,1H3,(H2,15,17,19);1H. The Hall–Kier alpha value is -0.870. The first-order chi connectivity index (χ1) is 10.4. The zero-order valence-electron chi connectivity index (χ0n) is 12.4. The van der Waals surface area contributed by atoms with E-state index in [0.717, 1.165) is 34.7 Å². The van der Waals surface area contributed by atoms with Crippen LogP contribution in [0.2, 0.25) is 0 Å². The number of aromatic nitrogens is 2. The van der Waals surface area contributed by atoms with Gasteiger partial charge < -0.3 is 10.6 Å². The molecule has 0 bridgehead atoms. The van der Waals surface area contributed by atoms with Crippen LogP contribution in [0.4, 0.5) is 0 Å². The average Bonchev–Trinajstić information content (AvgIpc) is 3.04. The maximum Gasteiger partial charge on any atom is 0.191 e. The second kappa shape index (κ2) is 11.7. The van der Waals surface area contributed by atoms with Crippen molar-refractivity contribution in [3.63, 3.8) is 0 Å². The highest BCUT2D eigenvalue weighted by atomic mass is 127. The van der Waals surface area contributed by atoms with E-state index in [4.69, 9.17) is 0 Å². The normalized spacial score (nSPS) is 10.9. The zero-order chi connectivity index (χ0) is 14.8. The molecule has 0 atom stereocenters. The van der Waals surface area contributed by atoms with Gasteiger partial charge in [0.1, 0.15) is 4.34 Å². The predicted octanol–water partition coefficient (Wildman–Crippen LogP) is 3.00.